The second-order valence-electron chi connectivity index (χ2n) is 8.44. The number of aromatic nitrogens is 2. The van der Waals surface area contributed by atoms with Gasteiger partial charge in [-0.2, -0.15) is 0 Å². The van der Waals surface area contributed by atoms with Gasteiger partial charge in [0.1, 0.15) is 11.6 Å². The van der Waals surface area contributed by atoms with Gasteiger partial charge in [-0.15, -0.1) is 0 Å². The van der Waals surface area contributed by atoms with E-state index in [2.05, 4.69) is 29.9 Å². The molecule has 0 spiro atoms. The molecule has 2 aromatic heterocycles. The summed E-state index contributed by atoms with van der Waals surface area (Å²) in [6.45, 7) is 10.5. The maximum atomic E-state index is 15.2. The Morgan fingerprint density at radius 3 is 2.36 bits per heavy atom. The Morgan fingerprint density at radius 2 is 1.73 bits per heavy atom. The van der Waals surface area contributed by atoms with Crippen LogP contribution in [0.4, 0.5) is 4.39 Å². The topological polar surface area (TPSA) is 35.0 Å². The highest BCUT2D eigenvalue weighted by atomic mass is 19.1. The molecule has 2 unspecified atom stereocenters. The molecular weight excluding hydrogens is 411 g/mol. The summed E-state index contributed by atoms with van der Waals surface area (Å²) in [7, 11) is 1.66. The highest BCUT2D eigenvalue weighted by molar-refractivity contribution is 5.40. The van der Waals surface area contributed by atoms with Crippen molar-refractivity contribution in [3.8, 4) is 5.75 Å². The monoisotopic (exact) mass is 450 g/mol. The van der Waals surface area contributed by atoms with Gasteiger partial charge in [-0.05, 0) is 97.0 Å². The first-order valence-electron chi connectivity index (χ1n) is 12.2. The van der Waals surface area contributed by atoms with Crippen molar-refractivity contribution in [1.82, 2.24) is 9.97 Å². The minimum absolute atomic E-state index is 0.152. The number of benzene rings is 1. The number of hydrogen-bond donors (Lipinski definition) is 0. The van der Waals surface area contributed by atoms with Crippen LogP contribution >= 0.6 is 0 Å². The zero-order valence-electron chi connectivity index (χ0n) is 21.1. The molecule has 0 aliphatic carbocycles. The molecule has 3 aromatic rings. The molecule has 0 saturated carbocycles. The Bertz CT molecular complexity index is 975. The molecule has 0 radical (unpaired) electrons. The fourth-order valence-corrected chi connectivity index (χ4v) is 4.17. The van der Waals surface area contributed by atoms with Gasteiger partial charge in [-0.25, -0.2) is 4.39 Å². The minimum Gasteiger partial charge on any atom is -0.496 e. The average Bonchev–Trinajstić information content (AvgIpc) is 2.85. The highest BCUT2D eigenvalue weighted by Gasteiger charge is 2.21. The molecule has 0 fully saturated rings. The Hall–Kier alpha value is -2.75. The van der Waals surface area contributed by atoms with Crippen LogP contribution in [0.2, 0.25) is 0 Å². The molecular formula is C29H39FN2O. The number of hydrogen-bond acceptors (Lipinski definition) is 3. The van der Waals surface area contributed by atoms with Gasteiger partial charge in [-0.3, -0.25) is 9.97 Å². The zero-order chi connectivity index (χ0) is 24.2. The third-order valence-electron chi connectivity index (χ3n) is 6.22. The van der Waals surface area contributed by atoms with Crippen LogP contribution in [0.25, 0.3) is 0 Å². The molecule has 2 atom stereocenters. The zero-order valence-corrected chi connectivity index (χ0v) is 21.1. The molecule has 33 heavy (non-hydrogen) atoms. The third kappa shape index (κ3) is 7.66. The minimum atomic E-state index is -0.152. The molecule has 0 bridgehead atoms. The van der Waals surface area contributed by atoms with Crippen molar-refractivity contribution in [3.63, 3.8) is 0 Å². The smallest absolute Gasteiger partial charge is 0.126 e. The van der Waals surface area contributed by atoms with Crippen molar-refractivity contribution < 1.29 is 9.13 Å². The Kier molecular flexibility index (Phi) is 11.0. The molecule has 0 N–H and O–H groups in total. The van der Waals surface area contributed by atoms with E-state index in [1.54, 1.807) is 25.6 Å². The molecule has 0 aliphatic rings. The summed E-state index contributed by atoms with van der Waals surface area (Å²) in [5.74, 6) is 1.40. The quantitative estimate of drug-likeness (QED) is 0.321. The van der Waals surface area contributed by atoms with E-state index in [0.717, 1.165) is 42.7 Å². The van der Waals surface area contributed by atoms with Crippen LogP contribution in [0, 0.1) is 18.7 Å². The molecule has 0 saturated heterocycles. The Labute approximate surface area is 199 Å². The lowest BCUT2D eigenvalue weighted by Gasteiger charge is -2.23. The van der Waals surface area contributed by atoms with Gasteiger partial charge < -0.3 is 4.74 Å². The van der Waals surface area contributed by atoms with Gasteiger partial charge in [0, 0.05) is 24.3 Å². The molecule has 0 aliphatic heterocycles. The van der Waals surface area contributed by atoms with Gasteiger partial charge in [0.25, 0.3) is 0 Å². The summed E-state index contributed by atoms with van der Waals surface area (Å²) in [5.41, 5.74) is 5.03. The Morgan fingerprint density at radius 1 is 1.00 bits per heavy atom. The van der Waals surface area contributed by atoms with Gasteiger partial charge in [0.05, 0.1) is 7.11 Å². The number of ether oxygens (including phenoxy) is 1. The normalized spacial score (nSPS) is 12.5. The van der Waals surface area contributed by atoms with Crippen molar-refractivity contribution >= 4 is 0 Å². The molecule has 178 valence electrons. The van der Waals surface area contributed by atoms with Crippen LogP contribution in [0.15, 0.2) is 55.0 Å². The van der Waals surface area contributed by atoms with E-state index in [0.29, 0.717) is 17.9 Å². The molecule has 3 nitrogen and oxygen atoms in total. The number of pyridine rings is 2. The first-order chi connectivity index (χ1) is 16.0. The van der Waals surface area contributed by atoms with Crippen LogP contribution in [-0.2, 0) is 19.3 Å². The lowest BCUT2D eigenvalue weighted by molar-refractivity contribution is 0.405. The summed E-state index contributed by atoms with van der Waals surface area (Å²) in [6, 6.07) is 11.6. The third-order valence-corrected chi connectivity index (χ3v) is 6.22. The molecule has 4 heteroatoms. The summed E-state index contributed by atoms with van der Waals surface area (Å²) in [5, 5.41) is 0. The maximum absolute atomic E-state index is 15.2. The lowest BCUT2D eigenvalue weighted by atomic mass is 9.83. The Balaban J connectivity index is 0.00000187. The lowest BCUT2D eigenvalue weighted by Crippen LogP contribution is -2.11. The van der Waals surface area contributed by atoms with Crippen LogP contribution in [0.1, 0.15) is 74.4 Å². The van der Waals surface area contributed by atoms with E-state index in [-0.39, 0.29) is 11.7 Å². The van der Waals surface area contributed by atoms with Gasteiger partial charge >= 0.3 is 0 Å². The number of nitrogens with zero attached hydrogens (tertiary/aromatic N) is 2. The van der Waals surface area contributed by atoms with Crippen LogP contribution in [0.3, 0.4) is 0 Å². The fourth-order valence-electron chi connectivity index (χ4n) is 4.17. The van der Waals surface area contributed by atoms with Gasteiger partial charge in [-0.1, -0.05) is 40.2 Å². The van der Waals surface area contributed by atoms with Crippen LogP contribution in [-0.4, -0.2) is 17.1 Å². The van der Waals surface area contributed by atoms with Crippen molar-refractivity contribution in [2.75, 3.05) is 7.11 Å². The first kappa shape index (κ1) is 26.5. The predicted octanol–water partition coefficient (Wildman–Crippen LogP) is 7.51. The van der Waals surface area contributed by atoms with Crippen molar-refractivity contribution in [1.29, 1.82) is 0 Å². The molecule has 1 aromatic carbocycles. The van der Waals surface area contributed by atoms with Crippen molar-refractivity contribution in [2.45, 2.75) is 72.6 Å². The number of aryl methyl sites for hydroxylation is 3. The molecule has 0 amide bonds. The standard InChI is InChI=1S/C27H33FN2O.C2H6/c1-5-19(2)15-23(25-7-6-12-30-20(25)3)16-24-18-27(31-4)22(17-26(24)28)9-8-21-10-13-29-14-11-21;1-2/h6-7,10-14,17-19,23H,5,8-9,15-16H2,1-4H3;1-2H3. The van der Waals surface area contributed by atoms with E-state index in [1.807, 2.05) is 51.2 Å². The van der Waals surface area contributed by atoms with Gasteiger partial charge in [0.15, 0.2) is 0 Å². The van der Waals surface area contributed by atoms with E-state index in [4.69, 9.17) is 4.74 Å². The van der Waals surface area contributed by atoms with E-state index in [9.17, 15) is 0 Å². The van der Waals surface area contributed by atoms with E-state index < -0.39 is 0 Å². The summed E-state index contributed by atoms with van der Waals surface area (Å²) in [4.78, 5) is 8.53. The second-order valence-corrected chi connectivity index (χ2v) is 8.44. The van der Waals surface area contributed by atoms with Crippen molar-refractivity contribution in [2.24, 2.45) is 5.92 Å². The largest absolute Gasteiger partial charge is 0.496 e. The van der Waals surface area contributed by atoms with E-state index in [1.165, 1.54) is 11.1 Å². The molecule has 2 heterocycles. The SMILES string of the molecule is CC.CCC(C)CC(Cc1cc(OC)c(CCc2ccncc2)cc1F)c1cccnc1C. The summed E-state index contributed by atoms with van der Waals surface area (Å²) >= 11 is 0. The number of rotatable bonds is 10. The van der Waals surface area contributed by atoms with Crippen molar-refractivity contribution in [3.05, 3.63) is 88.8 Å². The first-order valence-corrected chi connectivity index (χ1v) is 12.2. The summed E-state index contributed by atoms with van der Waals surface area (Å²) < 4.78 is 20.9. The van der Waals surface area contributed by atoms with Crippen LogP contribution in [0.5, 0.6) is 5.75 Å². The van der Waals surface area contributed by atoms with Gasteiger partial charge in [0.2, 0.25) is 0 Å². The van der Waals surface area contributed by atoms with E-state index >= 15 is 4.39 Å². The predicted molar refractivity (Wildman–Crippen MR) is 135 cm³/mol. The maximum Gasteiger partial charge on any atom is 0.126 e. The average molecular weight is 451 g/mol. The number of methoxy groups -OCH3 is 1. The number of halogens is 1. The second kappa shape index (κ2) is 13.7. The van der Waals surface area contributed by atoms with Crippen LogP contribution < -0.4 is 4.74 Å². The molecule has 3 rings (SSSR count). The summed E-state index contributed by atoms with van der Waals surface area (Å²) in [6.07, 6.45) is 9.70. The fraction of sp³-hybridized carbons (Fsp3) is 0.448. The highest BCUT2D eigenvalue weighted by Crippen LogP contribution is 2.33.